The molecule has 1 aromatic rings. The molecule has 3 rings (SSSR count). The SMILES string of the molecule is CNC1C(=O)N(C2CCC=CCC2)CCc2ncsc21. The van der Waals surface area contributed by atoms with E-state index in [0.717, 1.165) is 49.2 Å². The summed E-state index contributed by atoms with van der Waals surface area (Å²) in [5.41, 5.74) is 2.95. The van der Waals surface area contributed by atoms with E-state index in [1.807, 2.05) is 12.6 Å². The molecule has 1 aliphatic carbocycles. The molecular weight excluding hydrogens is 270 g/mol. The minimum atomic E-state index is -0.212. The molecule has 4 nitrogen and oxygen atoms in total. The van der Waals surface area contributed by atoms with E-state index in [4.69, 9.17) is 0 Å². The van der Waals surface area contributed by atoms with Crippen molar-refractivity contribution >= 4 is 17.2 Å². The van der Waals surface area contributed by atoms with Gasteiger partial charge in [-0.25, -0.2) is 4.98 Å². The first kappa shape index (κ1) is 13.8. The van der Waals surface area contributed by atoms with E-state index in [9.17, 15) is 4.79 Å². The van der Waals surface area contributed by atoms with E-state index in [-0.39, 0.29) is 11.9 Å². The molecule has 1 atom stereocenters. The fraction of sp³-hybridized carbons (Fsp3) is 0.600. The summed E-state index contributed by atoms with van der Waals surface area (Å²) in [5.74, 6) is 0.224. The highest BCUT2D eigenvalue weighted by Gasteiger charge is 2.34. The summed E-state index contributed by atoms with van der Waals surface area (Å²) < 4.78 is 0. The minimum Gasteiger partial charge on any atom is -0.338 e. The molecule has 2 aliphatic rings. The van der Waals surface area contributed by atoms with Gasteiger partial charge in [-0.3, -0.25) is 4.79 Å². The van der Waals surface area contributed by atoms with Crippen LogP contribution in [0.1, 0.15) is 42.3 Å². The van der Waals surface area contributed by atoms with Gasteiger partial charge in [-0.1, -0.05) is 12.2 Å². The Bertz CT molecular complexity index is 501. The first-order valence-electron chi connectivity index (χ1n) is 7.36. The molecule has 0 radical (unpaired) electrons. The Balaban J connectivity index is 1.83. The van der Waals surface area contributed by atoms with Crippen LogP contribution in [-0.4, -0.2) is 35.4 Å². The Labute approximate surface area is 123 Å². The number of aromatic nitrogens is 1. The predicted octanol–water partition coefficient (Wildman–Crippen LogP) is 2.29. The Morgan fingerprint density at radius 1 is 1.35 bits per heavy atom. The lowest BCUT2D eigenvalue weighted by Crippen LogP contribution is -2.45. The Hall–Kier alpha value is -1.20. The van der Waals surface area contributed by atoms with Crippen LogP contribution in [0.4, 0.5) is 0 Å². The number of allylic oxidation sites excluding steroid dienone is 2. The maximum absolute atomic E-state index is 12.9. The van der Waals surface area contributed by atoms with Crippen LogP contribution < -0.4 is 5.32 Å². The van der Waals surface area contributed by atoms with Gasteiger partial charge < -0.3 is 10.2 Å². The third kappa shape index (κ3) is 2.52. The fourth-order valence-corrected chi connectivity index (χ4v) is 4.14. The molecule has 0 bridgehead atoms. The third-order valence-corrected chi connectivity index (χ3v) is 5.22. The maximum Gasteiger partial charge on any atom is 0.245 e. The summed E-state index contributed by atoms with van der Waals surface area (Å²) in [6.07, 6.45) is 9.70. The first-order chi connectivity index (χ1) is 9.81. The molecular formula is C15H21N3OS. The average Bonchev–Trinajstić information content (AvgIpc) is 2.69. The summed E-state index contributed by atoms with van der Waals surface area (Å²) in [5, 5.41) is 3.18. The minimum absolute atomic E-state index is 0.212. The lowest BCUT2D eigenvalue weighted by Gasteiger charge is -2.32. The number of nitrogens with one attached hydrogen (secondary N) is 1. The Kier molecular flexibility index (Phi) is 4.17. The van der Waals surface area contributed by atoms with Gasteiger partial charge in [0, 0.05) is 19.0 Å². The van der Waals surface area contributed by atoms with Crippen molar-refractivity contribution in [1.82, 2.24) is 15.2 Å². The zero-order valence-corrected chi connectivity index (χ0v) is 12.7. The second-order valence-corrected chi connectivity index (χ2v) is 6.33. The fourth-order valence-electron chi connectivity index (χ4n) is 3.20. The molecule has 1 unspecified atom stereocenters. The number of hydrogen-bond donors (Lipinski definition) is 1. The van der Waals surface area contributed by atoms with Gasteiger partial charge in [-0.05, 0) is 32.7 Å². The number of nitrogens with zero attached hydrogens (tertiary/aromatic N) is 2. The van der Waals surface area contributed by atoms with Crippen LogP contribution in [0, 0.1) is 0 Å². The maximum atomic E-state index is 12.9. The van der Waals surface area contributed by atoms with Gasteiger partial charge in [0.2, 0.25) is 5.91 Å². The summed E-state index contributed by atoms with van der Waals surface area (Å²) in [7, 11) is 1.87. The van der Waals surface area contributed by atoms with Crippen LogP contribution in [0.5, 0.6) is 0 Å². The van der Waals surface area contributed by atoms with Crippen LogP contribution in [-0.2, 0) is 11.2 Å². The predicted molar refractivity (Wildman–Crippen MR) is 80.7 cm³/mol. The smallest absolute Gasteiger partial charge is 0.245 e. The number of amides is 1. The van der Waals surface area contributed by atoms with Gasteiger partial charge in [0.1, 0.15) is 6.04 Å². The zero-order valence-electron chi connectivity index (χ0n) is 11.8. The molecule has 108 valence electrons. The number of hydrogen-bond acceptors (Lipinski definition) is 4. The second kappa shape index (κ2) is 6.06. The molecule has 1 aliphatic heterocycles. The van der Waals surface area contributed by atoms with Crippen molar-refractivity contribution < 1.29 is 4.79 Å². The Morgan fingerprint density at radius 3 is 2.80 bits per heavy atom. The van der Waals surface area contributed by atoms with Crippen molar-refractivity contribution in [2.45, 2.75) is 44.2 Å². The molecule has 1 amide bonds. The molecule has 0 saturated carbocycles. The normalized spacial score (nSPS) is 24.4. The highest BCUT2D eigenvalue weighted by atomic mass is 32.1. The summed E-state index contributed by atoms with van der Waals surface area (Å²) in [6, 6.07) is 0.165. The van der Waals surface area contributed by atoms with Crippen molar-refractivity contribution in [3.8, 4) is 0 Å². The van der Waals surface area contributed by atoms with Gasteiger partial charge in [-0.2, -0.15) is 0 Å². The summed E-state index contributed by atoms with van der Waals surface area (Å²) in [4.78, 5) is 20.5. The molecule has 0 aromatic carbocycles. The summed E-state index contributed by atoms with van der Waals surface area (Å²) >= 11 is 1.59. The number of thiazole rings is 1. The van der Waals surface area contributed by atoms with Crippen LogP contribution >= 0.6 is 11.3 Å². The van der Waals surface area contributed by atoms with Gasteiger partial charge in [0.25, 0.3) is 0 Å². The van der Waals surface area contributed by atoms with Crippen LogP contribution in [0.2, 0.25) is 0 Å². The van der Waals surface area contributed by atoms with Crippen molar-refractivity contribution in [1.29, 1.82) is 0 Å². The number of carbonyl (C=O) groups excluding carboxylic acids is 1. The molecule has 1 N–H and O–H groups in total. The number of rotatable bonds is 2. The second-order valence-electron chi connectivity index (χ2n) is 5.45. The van der Waals surface area contributed by atoms with Crippen LogP contribution in [0.3, 0.4) is 0 Å². The highest BCUT2D eigenvalue weighted by Crippen LogP contribution is 2.30. The van der Waals surface area contributed by atoms with E-state index in [2.05, 4.69) is 27.4 Å². The average molecular weight is 291 g/mol. The van der Waals surface area contributed by atoms with E-state index in [1.54, 1.807) is 11.3 Å². The quantitative estimate of drug-likeness (QED) is 0.850. The first-order valence-corrected chi connectivity index (χ1v) is 8.24. The molecule has 0 spiro atoms. The molecule has 0 fully saturated rings. The highest BCUT2D eigenvalue weighted by molar-refractivity contribution is 7.10. The number of likely N-dealkylation sites (N-methyl/N-ethyl adjacent to an activating group) is 1. The van der Waals surface area contributed by atoms with Gasteiger partial charge in [-0.15, -0.1) is 11.3 Å². The lowest BCUT2D eigenvalue weighted by molar-refractivity contribution is -0.135. The molecule has 2 heterocycles. The molecule has 0 saturated heterocycles. The van der Waals surface area contributed by atoms with Crippen molar-refractivity contribution in [2.75, 3.05) is 13.6 Å². The number of fused-ring (bicyclic) bond motifs is 1. The molecule has 20 heavy (non-hydrogen) atoms. The van der Waals surface area contributed by atoms with Gasteiger partial charge in [0.15, 0.2) is 0 Å². The van der Waals surface area contributed by atoms with E-state index < -0.39 is 0 Å². The van der Waals surface area contributed by atoms with Gasteiger partial charge in [0.05, 0.1) is 16.1 Å². The van der Waals surface area contributed by atoms with Crippen molar-refractivity contribution in [3.05, 3.63) is 28.2 Å². The van der Waals surface area contributed by atoms with Crippen LogP contribution in [0.25, 0.3) is 0 Å². The standard InChI is InChI=1S/C15H21N3OS/c1-16-13-14-12(17-10-20-14)8-9-18(15(13)19)11-6-4-2-3-5-7-11/h2-3,10-11,13,16H,4-9H2,1H3. The zero-order chi connectivity index (χ0) is 13.9. The van der Waals surface area contributed by atoms with E-state index in [1.165, 1.54) is 0 Å². The van der Waals surface area contributed by atoms with Crippen LogP contribution in [0.15, 0.2) is 17.7 Å². The van der Waals surface area contributed by atoms with Crippen molar-refractivity contribution in [3.63, 3.8) is 0 Å². The third-order valence-electron chi connectivity index (χ3n) is 4.28. The van der Waals surface area contributed by atoms with Crippen molar-refractivity contribution in [2.24, 2.45) is 0 Å². The molecule has 1 aromatic heterocycles. The lowest BCUT2D eigenvalue weighted by atomic mass is 10.1. The Morgan fingerprint density at radius 2 is 2.10 bits per heavy atom. The number of carbonyl (C=O) groups is 1. The monoisotopic (exact) mass is 291 g/mol. The van der Waals surface area contributed by atoms with E-state index >= 15 is 0 Å². The topological polar surface area (TPSA) is 45.2 Å². The summed E-state index contributed by atoms with van der Waals surface area (Å²) in [6.45, 7) is 0.804. The van der Waals surface area contributed by atoms with E-state index in [0.29, 0.717) is 6.04 Å². The largest absolute Gasteiger partial charge is 0.338 e. The molecule has 5 heteroatoms. The van der Waals surface area contributed by atoms with Gasteiger partial charge >= 0.3 is 0 Å².